The molecule has 1 amide bonds. The van der Waals surface area contributed by atoms with Crippen LogP contribution in [-0.2, 0) is 6.54 Å². The molecule has 0 N–H and O–H groups in total. The molecule has 4 nitrogen and oxygen atoms in total. The Morgan fingerprint density at radius 1 is 1.50 bits per heavy atom. The number of unbranched alkanes of at least 4 members (excludes halogenated alkanes) is 1. The third-order valence-corrected chi connectivity index (χ3v) is 2.69. The summed E-state index contributed by atoms with van der Waals surface area (Å²) in [6, 6.07) is 1.86. The highest BCUT2D eigenvalue weighted by atomic mass is 16.2. The first-order valence-corrected chi connectivity index (χ1v) is 5.90. The molecule has 1 aromatic heterocycles. The van der Waals surface area contributed by atoms with Crippen molar-refractivity contribution in [1.29, 1.82) is 0 Å². The summed E-state index contributed by atoms with van der Waals surface area (Å²) in [6.45, 7) is 7.72. The van der Waals surface area contributed by atoms with Gasteiger partial charge in [0.25, 0.3) is 5.91 Å². The van der Waals surface area contributed by atoms with E-state index in [0.29, 0.717) is 5.69 Å². The molecule has 0 unspecified atom stereocenters. The molecule has 0 saturated heterocycles. The highest BCUT2D eigenvalue weighted by molar-refractivity contribution is 5.92. The molecule has 0 spiro atoms. The van der Waals surface area contributed by atoms with Crippen LogP contribution < -0.4 is 0 Å². The minimum absolute atomic E-state index is 0.0174. The Morgan fingerprint density at radius 2 is 2.19 bits per heavy atom. The molecular formula is C12H21N3O. The molecular weight excluding hydrogens is 202 g/mol. The maximum Gasteiger partial charge on any atom is 0.274 e. The van der Waals surface area contributed by atoms with Gasteiger partial charge in [-0.25, -0.2) is 0 Å². The first-order valence-electron chi connectivity index (χ1n) is 5.90. The van der Waals surface area contributed by atoms with Crippen LogP contribution in [0.15, 0.2) is 6.07 Å². The third-order valence-electron chi connectivity index (χ3n) is 2.69. The zero-order chi connectivity index (χ0) is 12.1. The van der Waals surface area contributed by atoms with Crippen LogP contribution in [0.5, 0.6) is 0 Å². The summed E-state index contributed by atoms with van der Waals surface area (Å²) in [7, 11) is 1.83. The van der Waals surface area contributed by atoms with Crippen LogP contribution >= 0.6 is 0 Å². The molecule has 0 aromatic carbocycles. The summed E-state index contributed by atoms with van der Waals surface area (Å²) < 4.78 is 1.85. The van der Waals surface area contributed by atoms with Crippen molar-refractivity contribution in [3.05, 3.63) is 17.5 Å². The van der Waals surface area contributed by atoms with Crippen molar-refractivity contribution in [2.45, 2.75) is 40.2 Å². The normalized spacial score (nSPS) is 10.5. The van der Waals surface area contributed by atoms with Crippen molar-refractivity contribution in [1.82, 2.24) is 14.7 Å². The van der Waals surface area contributed by atoms with Crippen LogP contribution in [0.25, 0.3) is 0 Å². The maximum atomic E-state index is 12.0. The second-order valence-corrected chi connectivity index (χ2v) is 4.07. The molecule has 0 aliphatic heterocycles. The molecule has 1 aromatic rings. The zero-order valence-corrected chi connectivity index (χ0v) is 10.7. The van der Waals surface area contributed by atoms with Crippen molar-refractivity contribution >= 4 is 5.91 Å². The van der Waals surface area contributed by atoms with Crippen molar-refractivity contribution < 1.29 is 4.79 Å². The lowest BCUT2D eigenvalue weighted by atomic mass is 10.3. The molecule has 0 fully saturated rings. The summed E-state index contributed by atoms with van der Waals surface area (Å²) in [5, 5.41) is 4.28. The summed E-state index contributed by atoms with van der Waals surface area (Å²) in [4.78, 5) is 13.7. The fourth-order valence-electron chi connectivity index (χ4n) is 1.63. The number of aromatic nitrogens is 2. The fraction of sp³-hybridized carbons (Fsp3) is 0.667. The van der Waals surface area contributed by atoms with Gasteiger partial charge in [-0.05, 0) is 26.3 Å². The van der Waals surface area contributed by atoms with E-state index < -0.39 is 0 Å². The number of rotatable bonds is 5. The van der Waals surface area contributed by atoms with Crippen LogP contribution in [0.4, 0.5) is 0 Å². The Kier molecular flexibility index (Phi) is 4.52. The Morgan fingerprint density at radius 3 is 2.69 bits per heavy atom. The molecule has 0 aliphatic carbocycles. The van der Waals surface area contributed by atoms with Crippen LogP contribution in [0.3, 0.4) is 0 Å². The molecule has 90 valence electrons. The van der Waals surface area contributed by atoms with Gasteiger partial charge >= 0.3 is 0 Å². The van der Waals surface area contributed by atoms with Gasteiger partial charge in [0.2, 0.25) is 0 Å². The van der Waals surface area contributed by atoms with Crippen LogP contribution in [0, 0.1) is 6.92 Å². The molecule has 4 heteroatoms. The SMILES string of the molecule is CCCCN(C)C(=O)c1cc(C)n(CC)n1. The molecule has 0 bridgehead atoms. The molecule has 16 heavy (non-hydrogen) atoms. The van der Waals surface area contributed by atoms with E-state index >= 15 is 0 Å². The number of carbonyl (C=O) groups excluding carboxylic acids is 1. The van der Waals surface area contributed by atoms with E-state index in [-0.39, 0.29) is 5.91 Å². The van der Waals surface area contributed by atoms with E-state index in [1.165, 1.54) is 0 Å². The number of carbonyl (C=O) groups is 1. The maximum absolute atomic E-state index is 12.0. The summed E-state index contributed by atoms with van der Waals surface area (Å²) >= 11 is 0. The monoisotopic (exact) mass is 223 g/mol. The zero-order valence-electron chi connectivity index (χ0n) is 10.7. The smallest absolute Gasteiger partial charge is 0.274 e. The van der Waals surface area contributed by atoms with Crippen LogP contribution in [-0.4, -0.2) is 34.2 Å². The van der Waals surface area contributed by atoms with E-state index in [9.17, 15) is 4.79 Å². The van der Waals surface area contributed by atoms with Gasteiger partial charge in [0.1, 0.15) is 0 Å². The van der Waals surface area contributed by atoms with Crippen molar-refractivity contribution in [3.8, 4) is 0 Å². The second kappa shape index (κ2) is 5.68. The fourth-order valence-corrected chi connectivity index (χ4v) is 1.63. The molecule has 0 radical (unpaired) electrons. The average molecular weight is 223 g/mol. The summed E-state index contributed by atoms with van der Waals surface area (Å²) in [5.74, 6) is 0.0174. The van der Waals surface area contributed by atoms with Crippen molar-refractivity contribution in [2.75, 3.05) is 13.6 Å². The highest BCUT2D eigenvalue weighted by Crippen LogP contribution is 2.06. The number of hydrogen-bond donors (Lipinski definition) is 0. The van der Waals surface area contributed by atoms with Crippen molar-refractivity contribution in [2.24, 2.45) is 0 Å². The van der Waals surface area contributed by atoms with Gasteiger partial charge in [-0.1, -0.05) is 13.3 Å². The first kappa shape index (κ1) is 12.7. The minimum Gasteiger partial charge on any atom is -0.340 e. The largest absolute Gasteiger partial charge is 0.340 e. The van der Waals surface area contributed by atoms with Gasteiger partial charge in [0, 0.05) is 25.8 Å². The Hall–Kier alpha value is -1.32. The van der Waals surface area contributed by atoms with Gasteiger partial charge in [-0.2, -0.15) is 5.10 Å². The second-order valence-electron chi connectivity index (χ2n) is 4.07. The molecule has 0 aliphatic rings. The Balaban J connectivity index is 2.72. The topological polar surface area (TPSA) is 38.1 Å². The minimum atomic E-state index is 0.0174. The highest BCUT2D eigenvalue weighted by Gasteiger charge is 2.15. The van der Waals surface area contributed by atoms with Crippen LogP contribution in [0.2, 0.25) is 0 Å². The van der Waals surface area contributed by atoms with E-state index in [1.54, 1.807) is 4.90 Å². The average Bonchev–Trinajstić information content (AvgIpc) is 2.66. The standard InChI is InChI=1S/C12H21N3O/c1-5-7-8-14(4)12(16)11-9-10(3)15(6-2)13-11/h9H,5-8H2,1-4H3. The van der Waals surface area contributed by atoms with E-state index in [4.69, 9.17) is 0 Å². The predicted octanol–water partition coefficient (Wildman–Crippen LogP) is 2.08. The predicted molar refractivity (Wildman–Crippen MR) is 64.5 cm³/mol. The lowest BCUT2D eigenvalue weighted by molar-refractivity contribution is 0.0786. The summed E-state index contributed by atoms with van der Waals surface area (Å²) in [5.41, 5.74) is 1.59. The number of aryl methyl sites for hydroxylation is 2. The van der Waals surface area contributed by atoms with Gasteiger partial charge in [-0.3, -0.25) is 9.48 Å². The number of nitrogens with zero attached hydrogens (tertiary/aromatic N) is 3. The van der Waals surface area contributed by atoms with Crippen LogP contribution in [0.1, 0.15) is 42.9 Å². The van der Waals surface area contributed by atoms with E-state index in [1.807, 2.05) is 31.6 Å². The number of hydrogen-bond acceptors (Lipinski definition) is 2. The Bertz CT molecular complexity index is 357. The Labute approximate surface area is 97.2 Å². The molecule has 0 atom stereocenters. The van der Waals surface area contributed by atoms with Gasteiger partial charge < -0.3 is 4.90 Å². The lowest BCUT2D eigenvalue weighted by Gasteiger charge is -2.14. The quantitative estimate of drug-likeness (QED) is 0.766. The lowest BCUT2D eigenvalue weighted by Crippen LogP contribution is -2.28. The number of amides is 1. The van der Waals surface area contributed by atoms with Crippen molar-refractivity contribution in [3.63, 3.8) is 0 Å². The van der Waals surface area contributed by atoms with E-state index in [2.05, 4.69) is 12.0 Å². The first-order chi connectivity index (χ1) is 7.60. The molecule has 1 heterocycles. The van der Waals surface area contributed by atoms with Gasteiger partial charge in [0.05, 0.1) is 0 Å². The van der Waals surface area contributed by atoms with E-state index in [0.717, 1.165) is 31.6 Å². The molecule has 0 saturated carbocycles. The third kappa shape index (κ3) is 2.84. The summed E-state index contributed by atoms with van der Waals surface area (Å²) in [6.07, 6.45) is 2.13. The van der Waals surface area contributed by atoms with Gasteiger partial charge in [-0.15, -0.1) is 0 Å². The van der Waals surface area contributed by atoms with Gasteiger partial charge in [0.15, 0.2) is 5.69 Å². The molecule has 1 rings (SSSR count).